The third kappa shape index (κ3) is 3.05. The minimum Gasteiger partial charge on any atom is -0.294 e. The topological polar surface area (TPSA) is 113 Å². The van der Waals surface area contributed by atoms with Gasteiger partial charge in [0.25, 0.3) is 6.43 Å². The van der Waals surface area contributed by atoms with Gasteiger partial charge in [0.2, 0.25) is 10.0 Å². The van der Waals surface area contributed by atoms with Crippen LogP contribution in [0.3, 0.4) is 0 Å². The number of nitriles is 1. The van der Waals surface area contributed by atoms with Gasteiger partial charge >= 0.3 is 0 Å². The van der Waals surface area contributed by atoms with Gasteiger partial charge in [-0.25, -0.2) is 26.6 Å². The average Bonchev–Trinajstić information content (AvgIpc) is 3.03. The molecule has 0 aromatic carbocycles. The van der Waals surface area contributed by atoms with Crippen molar-refractivity contribution in [3.63, 3.8) is 0 Å². The number of fused-ring (bicyclic) bond motifs is 1. The Balaban J connectivity index is 0.00000225. The van der Waals surface area contributed by atoms with Gasteiger partial charge in [-0.2, -0.15) is 9.98 Å². The molecule has 27 heavy (non-hydrogen) atoms. The molecule has 0 saturated heterocycles. The van der Waals surface area contributed by atoms with Crippen molar-refractivity contribution in [3.05, 3.63) is 29.3 Å². The zero-order valence-electron chi connectivity index (χ0n) is 13.2. The zero-order chi connectivity index (χ0) is 19.4. The van der Waals surface area contributed by atoms with Crippen LogP contribution in [-0.2, 0) is 10.0 Å². The Morgan fingerprint density at radius 2 is 2.15 bits per heavy atom. The number of pyridine rings is 1. The van der Waals surface area contributed by atoms with Gasteiger partial charge < -0.3 is 0 Å². The molecule has 1 N–H and O–H groups in total. The van der Waals surface area contributed by atoms with E-state index in [2.05, 4.69) is 19.9 Å². The SMILES string of the molecule is N#CC1(NS(=O)(=O)c2cc(F)c3ncc(-c4nnc(C(F)F)s4)n3c2)CC1.[HH]. The summed E-state index contributed by atoms with van der Waals surface area (Å²) < 4.78 is 68.2. The Bertz CT molecular complexity index is 1200. The molecule has 13 heteroatoms. The van der Waals surface area contributed by atoms with Gasteiger partial charge in [-0.1, -0.05) is 11.3 Å². The maximum absolute atomic E-state index is 14.4. The molecule has 142 valence electrons. The highest BCUT2D eigenvalue weighted by Crippen LogP contribution is 2.36. The quantitative estimate of drug-likeness (QED) is 0.684. The molecule has 0 bridgehead atoms. The fourth-order valence-electron chi connectivity index (χ4n) is 2.43. The molecule has 0 spiro atoms. The van der Waals surface area contributed by atoms with Crippen molar-refractivity contribution in [1.29, 1.82) is 5.26 Å². The van der Waals surface area contributed by atoms with Crippen LogP contribution in [0.2, 0.25) is 0 Å². The van der Waals surface area contributed by atoms with Crippen LogP contribution in [0.15, 0.2) is 23.4 Å². The van der Waals surface area contributed by atoms with Crippen LogP contribution in [0.25, 0.3) is 16.3 Å². The van der Waals surface area contributed by atoms with E-state index in [0.29, 0.717) is 24.2 Å². The van der Waals surface area contributed by atoms with Crippen molar-refractivity contribution < 1.29 is 23.0 Å². The summed E-state index contributed by atoms with van der Waals surface area (Å²) in [5, 5.41) is 15.6. The number of nitrogens with one attached hydrogen (secondary N) is 1. The first-order valence-electron chi connectivity index (χ1n) is 7.48. The van der Waals surface area contributed by atoms with E-state index in [0.717, 1.165) is 16.7 Å². The van der Waals surface area contributed by atoms with Crippen LogP contribution < -0.4 is 4.72 Å². The number of hydrogen-bond acceptors (Lipinski definition) is 7. The number of sulfonamides is 1. The number of halogens is 3. The molecule has 0 atom stereocenters. The standard InChI is InChI=1S/C14H9F3N6O2S2.H2/c15-8-3-7(27(24,25)22-14(6-18)1-2-14)5-23-9(4-19-11(8)23)12-20-21-13(26-12)10(16)17;/h3-5,10,22H,1-2H2;1H. The molecule has 0 amide bonds. The molecule has 0 radical (unpaired) electrons. The van der Waals surface area contributed by atoms with Crippen molar-refractivity contribution in [3.8, 4) is 16.8 Å². The highest BCUT2D eigenvalue weighted by molar-refractivity contribution is 7.89. The highest BCUT2D eigenvalue weighted by atomic mass is 32.2. The lowest BCUT2D eigenvalue weighted by Crippen LogP contribution is -2.35. The van der Waals surface area contributed by atoms with Gasteiger partial charge in [0.05, 0.1) is 12.3 Å². The number of imidazole rings is 1. The molecule has 4 rings (SSSR count). The molecular formula is C14H11F3N6O2S2. The van der Waals surface area contributed by atoms with Crippen molar-refractivity contribution in [2.45, 2.75) is 29.7 Å². The minimum absolute atomic E-state index is 0. The lowest BCUT2D eigenvalue weighted by molar-refractivity contribution is 0.150. The lowest BCUT2D eigenvalue weighted by Gasteiger charge is -2.11. The van der Waals surface area contributed by atoms with Crippen molar-refractivity contribution in [2.24, 2.45) is 0 Å². The van der Waals surface area contributed by atoms with Gasteiger partial charge in [0.1, 0.15) is 16.1 Å². The predicted octanol–water partition coefficient (Wildman–Crippen LogP) is 2.51. The van der Waals surface area contributed by atoms with Gasteiger partial charge in [0, 0.05) is 7.62 Å². The number of hydrogen-bond donors (Lipinski definition) is 1. The molecule has 3 heterocycles. The fraction of sp³-hybridized carbons (Fsp3) is 0.286. The summed E-state index contributed by atoms with van der Waals surface area (Å²) in [7, 11) is -4.18. The van der Waals surface area contributed by atoms with Crippen LogP contribution >= 0.6 is 11.3 Å². The summed E-state index contributed by atoms with van der Waals surface area (Å²) in [5.74, 6) is -0.926. The summed E-state index contributed by atoms with van der Waals surface area (Å²) >= 11 is 0.593. The van der Waals surface area contributed by atoms with Gasteiger partial charge in [-0.3, -0.25) is 4.40 Å². The van der Waals surface area contributed by atoms with E-state index in [1.165, 1.54) is 6.20 Å². The normalized spacial score (nSPS) is 16.0. The maximum Gasteiger partial charge on any atom is 0.291 e. The Kier molecular flexibility index (Phi) is 3.95. The summed E-state index contributed by atoms with van der Waals surface area (Å²) in [4.78, 5) is 3.42. The molecule has 0 aliphatic heterocycles. The molecular weight excluding hydrogens is 405 g/mol. The number of alkyl halides is 2. The number of nitrogens with zero attached hydrogens (tertiary/aromatic N) is 5. The first kappa shape index (κ1) is 17.8. The highest BCUT2D eigenvalue weighted by Gasteiger charge is 2.47. The van der Waals surface area contributed by atoms with E-state index < -0.39 is 37.7 Å². The number of aromatic nitrogens is 4. The molecule has 1 saturated carbocycles. The summed E-state index contributed by atoms with van der Waals surface area (Å²) in [6, 6.07) is 2.67. The minimum atomic E-state index is -4.18. The maximum atomic E-state index is 14.4. The predicted molar refractivity (Wildman–Crippen MR) is 89.0 cm³/mol. The number of rotatable bonds is 5. The van der Waals surface area contributed by atoms with E-state index in [-0.39, 0.29) is 17.8 Å². The molecule has 1 fully saturated rings. The first-order valence-corrected chi connectivity index (χ1v) is 9.78. The van der Waals surface area contributed by atoms with E-state index in [9.17, 15) is 21.6 Å². The molecule has 1 aliphatic carbocycles. The molecule has 8 nitrogen and oxygen atoms in total. The molecule has 3 aromatic rings. The van der Waals surface area contributed by atoms with Crippen LogP contribution in [0.4, 0.5) is 13.2 Å². The Labute approximate surface area is 155 Å². The second-order valence-corrected chi connectivity index (χ2v) is 8.60. The Morgan fingerprint density at radius 3 is 2.74 bits per heavy atom. The lowest BCUT2D eigenvalue weighted by atomic mass is 10.3. The van der Waals surface area contributed by atoms with Crippen molar-refractivity contribution >= 4 is 27.0 Å². The van der Waals surface area contributed by atoms with Crippen LogP contribution in [-0.4, -0.2) is 33.5 Å². The van der Waals surface area contributed by atoms with Gasteiger partial charge in [-0.15, -0.1) is 10.2 Å². The zero-order valence-corrected chi connectivity index (χ0v) is 14.9. The second-order valence-electron chi connectivity index (χ2n) is 5.91. The van der Waals surface area contributed by atoms with Crippen LogP contribution in [0, 0.1) is 17.1 Å². The summed E-state index contributed by atoms with van der Waals surface area (Å²) in [6.07, 6.45) is 0.207. The van der Waals surface area contributed by atoms with E-state index in [4.69, 9.17) is 5.26 Å². The molecule has 0 unspecified atom stereocenters. The van der Waals surface area contributed by atoms with Gasteiger partial charge in [0.15, 0.2) is 21.5 Å². The summed E-state index contributed by atoms with van der Waals surface area (Å²) in [5.41, 5.74) is -1.25. The van der Waals surface area contributed by atoms with Crippen molar-refractivity contribution in [2.75, 3.05) is 0 Å². The van der Waals surface area contributed by atoms with E-state index in [1.54, 1.807) is 0 Å². The van der Waals surface area contributed by atoms with Crippen LogP contribution in [0.5, 0.6) is 0 Å². The third-order valence-corrected chi connectivity index (χ3v) is 6.44. The smallest absolute Gasteiger partial charge is 0.291 e. The molecule has 3 aromatic heterocycles. The first-order chi connectivity index (χ1) is 12.7. The monoisotopic (exact) mass is 416 g/mol. The Hall–Kier alpha value is -2.56. The fourth-order valence-corrected chi connectivity index (χ4v) is 4.52. The largest absolute Gasteiger partial charge is 0.294 e. The second kappa shape index (κ2) is 5.98. The van der Waals surface area contributed by atoms with E-state index in [1.807, 2.05) is 6.07 Å². The van der Waals surface area contributed by atoms with Crippen LogP contribution in [0.1, 0.15) is 25.7 Å². The van der Waals surface area contributed by atoms with Crippen molar-refractivity contribution in [1.82, 2.24) is 24.3 Å². The Morgan fingerprint density at radius 1 is 1.41 bits per heavy atom. The third-order valence-electron chi connectivity index (χ3n) is 3.99. The van der Waals surface area contributed by atoms with E-state index >= 15 is 0 Å². The van der Waals surface area contributed by atoms with Gasteiger partial charge in [-0.05, 0) is 18.9 Å². The molecule has 1 aliphatic rings. The average molecular weight is 416 g/mol. The summed E-state index contributed by atoms with van der Waals surface area (Å²) in [6.45, 7) is 0.